The highest BCUT2D eigenvalue weighted by Crippen LogP contribution is 2.16. The molecule has 0 aliphatic rings. The Morgan fingerprint density at radius 3 is 2.07 bits per heavy atom. The van der Waals surface area contributed by atoms with Gasteiger partial charge in [0.05, 0.1) is 0 Å². The molecule has 2 N–H and O–H groups in total. The van der Waals surface area contributed by atoms with E-state index < -0.39 is 11.9 Å². The molecule has 15 heavy (non-hydrogen) atoms. The predicted molar refractivity (Wildman–Crippen MR) is 58.4 cm³/mol. The van der Waals surface area contributed by atoms with Gasteiger partial charge in [-0.2, -0.15) is 0 Å². The molecule has 80 valence electrons. The van der Waals surface area contributed by atoms with Gasteiger partial charge in [0.2, 0.25) is 0 Å². The molecular formula is C8H7NO4S2. The summed E-state index contributed by atoms with van der Waals surface area (Å²) in [5, 5.41) is 17.4. The minimum absolute atomic E-state index is 0.271. The fraction of sp³-hybridized carbons (Fsp3) is 0.125. The molecule has 0 spiro atoms. The zero-order valence-corrected chi connectivity index (χ0v) is 9.09. The first-order chi connectivity index (χ1) is 7.04. The SMILES string of the molecule is O=C(O)c1cc(CSS)cc(C(=O)O)n1. The van der Waals surface area contributed by atoms with Gasteiger partial charge in [0, 0.05) is 5.75 Å². The average molecular weight is 245 g/mol. The van der Waals surface area contributed by atoms with E-state index in [0.29, 0.717) is 11.3 Å². The minimum Gasteiger partial charge on any atom is -0.477 e. The van der Waals surface area contributed by atoms with Gasteiger partial charge < -0.3 is 10.2 Å². The van der Waals surface area contributed by atoms with E-state index >= 15 is 0 Å². The number of hydrogen-bond donors (Lipinski definition) is 3. The summed E-state index contributed by atoms with van der Waals surface area (Å²) in [6.07, 6.45) is 0. The number of aromatic nitrogens is 1. The third kappa shape index (κ3) is 3.14. The summed E-state index contributed by atoms with van der Waals surface area (Å²) in [4.78, 5) is 24.8. The highest BCUT2D eigenvalue weighted by atomic mass is 33.1. The van der Waals surface area contributed by atoms with Gasteiger partial charge in [-0.05, 0) is 17.7 Å². The number of hydrogen-bond acceptors (Lipinski definition) is 5. The quantitative estimate of drug-likeness (QED) is 0.551. The van der Waals surface area contributed by atoms with Crippen LogP contribution in [0.3, 0.4) is 0 Å². The van der Waals surface area contributed by atoms with Gasteiger partial charge in [0.25, 0.3) is 0 Å². The van der Waals surface area contributed by atoms with E-state index in [4.69, 9.17) is 10.2 Å². The van der Waals surface area contributed by atoms with Gasteiger partial charge in [-0.15, -0.1) is 11.7 Å². The summed E-state index contributed by atoms with van der Waals surface area (Å²) >= 11 is 3.91. The lowest BCUT2D eigenvalue weighted by Gasteiger charge is -2.02. The molecule has 1 aromatic heterocycles. The standard InChI is InChI=1S/C8H7NO4S2/c10-7(11)5-1-4(3-15-14)2-6(9-5)8(12)13/h1-2,14H,3H2,(H,10,11)(H,12,13). The number of carboxylic acids is 2. The molecular weight excluding hydrogens is 238 g/mol. The highest BCUT2D eigenvalue weighted by Gasteiger charge is 2.12. The van der Waals surface area contributed by atoms with E-state index in [1.165, 1.54) is 22.9 Å². The van der Waals surface area contributed by atoms with E-state index in [0.717, 1.165) is 0 Å². The van der Waals surface area contributed by atoms with Crippen molar-refractivity contribution in [2.75, 3.05) is 0 Å². The molecule has 1 rings (SSSR count). The van der Waals surface area contributed by atoms with Crippen LogP contribution in [0.15, 0.2) is 12.1 Å². The lowest BCUT2D eigenvalue weighted by Crippen LogP contribution is -2.08. The second-order valence-electron chi connectivity index (χ2n) is 2.63. The minimum atomic E-state index is -1.25. The lowest BCUT2D eigenvalue weighted by molar-refractivity contribution is 0.0685. The van der Waals surface area contributed by atoms with Crippen LogP contribution in [0.5, 0.6) is 0 Å². The fourth-order valence-electron chi connectivity index (χ4n) is 0.964. The third-order valence-corrected chi connectivity index (χ3v) is 2.40. The molecule has 0 saturated heterocycles. The van der Waals surface area contributed by atoms with Gasteiger partial charge in [-0.1, -0.05) is 10.8 Å². The Bertz CT molecular complexity index is 375. The third-order valence-electron chi connectivity index (χ3n) is 1.55. The van der Waals surface area contributed by atoms with Crippen LogP contribution in [0.1, 0.15) is 26.5 Å². The number of thiol groups is 1. The predicted octanol–water partition coefficient (Wildman–Crippen LogP) is 1.56. The van der Waals surface area contributed by atoms with Gasteiger partial charge in [-0.25, -0.2) is 14.6 Å². The number of aromatic carboxylic acids is 2. The van der Waals surface area contributed by atoms with Gasteiger partial charge >= 0.3 is 11.9 Å². The first kappa shape index (κ1) is 11.9. The first-order valence-electron chi connectivity index (χ1n) is 3.78. The van der Waals surface area contributed by atoms with Crippen molar-refractivity contribution in [3.8, 4) is 0 Å². The number of carboxylic acid groups (broad SMARTS) is 2. The van der Waals surface area contributed by atoms with Gasteiger partial charge in [0.1, 0.15) is 11.4 Å². The van der Waals surface area contributed by atoms with Crippen LogP contribution in [0.4, 0.5) is 0 Å². The van der Waals surface area contributed by atoms with Gasteiger partial charge in [0.15, 0.2) is 0 Å². The molecule has 0 saturated carbocycles. The molecule has 1 heterocycles. The lowest BCUT2D eigenvalue weighted by atomic mass is 10.2. The summed E-state index contributed by atoms with van der Waals surface area (Å²) in [5.41, 5.74) is 0.0272. The van der Waals surface area contributed by atoms with Crippen molar-refractivity contribution in [2.45, 2.75) is 5.75 Å². The van der Waals surface area contributed by atoms with Crippen molar-refractivity contribution < 1.29 is 19.8 Å². The van der Waals surface area contributed by atoms with Crippen LogP contribution in [0.2, 0.25) is 0 Å². The second-order valence-corrected chi connectivity index (χ2v) is 3.95. The summed E-state index contributed by atoms with van der Waals surface area (Å²) in [7, 11) is 1.18. The maximum atomic E-state index is 10.7. The Morgan fingerprint density at radius 2 is 1.73 bits per heavy atom. The van der Waals surface area contributed by atoms with Crippen LogP contribution in [0.25, 0.3) is 0 Å². The summed E-state index contributed by atoms with van der Waals surface area (Å²) in [5.74, 6) is -2.07. The smallest absolute Gasteiger partial charge is 0.354 e. The van der Waals surface area contributed by atoms with Crippen LogP contribution in [0, 0.1) is 0 Å². The van der Waals surface area contributed by atoms with Crippen LogP contribution < -0.4 is 0 Å². The highest BCUT2D eigenvalue weighted by molar-refractivity contribution is 8.68. The van der Waals surface area contributed by atoms with Crippen molar-refractivity contribution in [1.29, 1.82) is 0 Å². The van der Waals surface area contributed by atoms with Crippen LogP contribution >= 0.6 is 22.5 Å². The molecule has 0 atom stereocenters. The summed E-state index contributed by atoms with van der Waals surface area (Å²) in [6, 6.07) is 2.66. The average Bonchev–Trinajstić information content (AvgIpc) is 2.17. The number of pyridine rings is 1. The molecule has 0 radical (unpaired) electrons. The van der Waals surface area contributed by atoms with Crippen molar-refractivity contribution in [3.63, 3.8) is 0 Å². The Hall–Kier alpha value is -1.21. The maximum absolute atomic E-state index is 10.7. The topological polar surface area (TPSA) is 87.5 Å². The molecule has 0 aliphatic carbocycles. The van der Waals surface area contributed by atoms with E-state index in [1.807, 2.05) is 0 Å². The Kier molecular flexibility index (Phi) is 3.98. The zero-order chi connectivity index (χ0) is 11.4. The fourth-order valence-corrected chi connectivity index (χ4v) is 1.73. The largest absolute Gasteiger partial charge is 0.477 e. The molecule has 0 fully saturated rings. The number of carbonyl (C=O) groups is 2. The monoisotopic (exact) mass is 245 g/mol. The Labute approximate surface area is 94.3 Å². The molecule has 0 bridgehead atoms. The molecule has 7 heteroatoms. The molecule has 0 unspecified atom stereocenters. The van der Waals surface area contributed by atoms with E-state index in [-0.39, 0.29) is 11.4 Å². The van der Waals surface area contributed by atoms with E-state index in [1.54, 1.807) is 0 Å². The molecule has 0 amide bonds. The summed E-state index contributed by atoms with van der Waals surface area (Å²) < 4.78 is 0. The van der Waals surface area contributed by atoms with Crippen LogP contribution in [-0.4, -0.2) is 27.1 Å². The molecule has 0 aliphatic heterocycles. The Morgan fingerprint density at radius 1 is 1.27 bits per heavy atom. The van der Waals surface area contributed by atoms with Crippen molar-refractivity contribution in [2.24, 2.45) is 0 Å². The molecule has 0 aromatic carbocycles. The molecule has 1 aromatic rings. The van der Waals surface area contributed by atoms with Crippen LogP contribution in [-0.2, 0) is 5.75 Å². The normalized spacial score (nSPS) is 9.93. The first-order valence-corrected chi connectivity index (χ1v) is 5.82. The maximum Gasteiger partial charge on any atom is 0.354 e. The second kappa shape index (κ2) is 5.04. The zero-order valence-electron chi connectivity index (χ0n) is 7.38. The Balaban J connectivity index is 3.19. The van der Waals surface area contributed by atoms with Gasteiger partial charge in [-0.3, -0.25) is 0 Å². The van der Waals surface area contributed by atoms with E-state index in [9.17, 15) is 9.59 Å². The van der Waals surface area contributed by atoms with Crippen molar-refractivity contribution >= 4 is 34.4 Å². The number of nitrogens with zero attached hydrogens (tertiary/aromatic N) is 1. The van der Waals surface area contributed by atoms with Crippen molar-refractivity contribution in [1.82, 2.24) is 4.98 Å². The van der Waals surface area contributed by atoms with Crippen molar-refractivity contribution in [3.05, 3.63) is 29.1 Å². The summed E-state index contributed by atoms with van der Waals surface area (Å²) in [6.45, 7) is 0. The van der Waals surface area contributed by atoms with E-state index in [2.05, 4.69) is 16.6 Å². The molecule has 5 nitrogen and oxygen atoms in total. The number of rotatable bonds is 4.